The number of amides is 2. The van der Waals surface area contributed by atoms with Gasteiger partial charge in [0, 0.05) is 38.2 Å². The van der Waals surface area contributed by atoms with Crippen LogP contribution in [0.25, 0.3) is 0 Å². The molecule has 0 radical (unpaired) electrons. The third kappa shape index (κ3) is 9.91. The van der Waals surface area contributed by atoms with Crippen molar-refractivity contribution in [1.82, 2.24) is 15.0 Å². The predicted molar refractivity (Wildman–Crippen MR) is 150 cm³/mol. The lowest BCUT2D eigenvalue weighted by molar-refractivity contribution is -0.124. The van der Waals surface area contributed by atoms with Gasteiger partial charge >= 0.3 is 6.09 Å². The van der Waals surface area contributed by atoms with Crippen LogP contribution in [0.4, 0.5) is 4.79 Å². The van der Waals surface area contributed by atoms with Crippen LogP contribution in [0.1, 0.15) is 50.7 Å². The first-order valence-corrected chi connectivity index (χ1v) is 12.9. The molecule has 40 heavy (non-hydrogen) atoms. The lowest BCUT2D eigenvalue weighted by Crippen LogP contribution is -2.44. The summed E-state index contributed by atoms with van der Waals surface area (Å²) in [5.41, 5.74) is 7.79. The molecular formula is C27H40N6O7. The maximum absolute atomic E-state index is 13.4. The largest absolute Gasteiger partial charge is 0.482 e. The number of carbonyl (C=O) groups excluding carboxylic acids is 2. The lowest BCUT2D eigenvalue weighted by Gasteiger charge is -2.28. The number of nitrogens with one attached hydrogen (secondary N) is 2. The molecule has 1 aromatic heterocycles. The van der Waals surface area contributed by atoms with Crippen molar-refractivity contribution in [3.63, 3.8) is 0 Å². The Kier molecular flexibility index (Phi) is 12.5. The van der Waals surface area contributed by atoms with Crippen molar-refractivity contribution in [3.8, 4) is 5.75 Å². The number of hydrogen-bond donors (Lipinski definition) is 4. The van der Waals surface area contributed by atoms with Crippen molar-refractivity contribution in [3.05, 3.63) is 76.0 Å². The first kappa shape index (κ1) is 32.1. The summed E-state index contributed by atoms with van der Waals surface area (Å²) in [5.74, 6) is 5.21. The molecule has 0 saturated heterocycles. The second-order valence-electron chi connectivity index (χ2n) is 9.40. The molecule has 220 valence electrons. The van der Waals surface area contributed by atoms with Crippen LogP contribution in [0.3, 0.4) is 0 Å². The van der Waals surface area contributed by atoms with Crippen LogP contribution >= 0.6 is 0 Å². The molecule has 0 unspecified atom stereocenters. The van der Waals surface area contributed by atoms with Gasteiger partial charge in [-0.3, -0.25) is 9.59 Å². The number of pyridine rings is 1. The molecule has 2 aromatic rings. The van der Waals surface area contributed by atoms with E-state index in [1.54, 1.807) is 20.8 Å². The quantitative estimate of drug-likeness (QED) is 0.152. The maximum atomic E-state index is 13.4. The van der Waals surface area contributed by atoms with Gasteiger partial charge in [-0.2, -0.15) is 0 Å². The van der Waals surface area contributed by atoms with Crippen molar-refractivity contribution in [2.45, 2.75) is 53.1 Å². The molecule has 2 amide bonds. The van der Waals surface area contributed by atoms with E-state index in [1.807, 2.05) is 44.2 Å². The van der Waals surface area contributed by atoms with E-state index in [1.165, 1.54) is 23.5 Å². The lowest BCUT2D eigenvalue weighted by atomic mass is 10.2. The average Bonchev–Trinajstić information content (AvgIpc) is 2.89. The Hall–Kier alpha value is -4.07. The van der Waals surface area contributed by atoms with E-state index in [-0.39, 0.29) is 31.1 Å². The zero-order valence-corrected chi connectivity index (χ0v) is 23.6. The number of nitrogens with two attached hydrogens (primary N) is 2. The number of rotatable bonds is 14. The Morgan fingerprint density at radius 2 is 1.75 bits per heavy atom. The van der Waals surface area contributed by atoms with Crippen LogP contribution in [0.2, 0.25) is 0 Å². The molecule has 0 atom stereocenters. The zero-order chi connectivity index (χ0) is 29.7. The van der Waals surface area contributed by atoms with Crippen LogP contribution in [-0.4, -0.2) is 59.9 Å². The Morgan fingerprint density at radius 1 is 1.10 bits per heavy atom. The number of benzene rings is 1. The van der Waals surface area contributed by atoms with Gasteiger partial charge in [0.15, 0.2) is 11.4 Å². The number of ether oxygens (including phenoxy) is 4. The van der Waals surface area contributed by atoms with Crippen LogP contribution < -0.4 is 32.5 Å². The maximum Gasteiger partial charge on any atom is 0.426 e. The highest BCUT2D eigenvalue weighted by Crippen LogP contribution is 2.16. The van der Waals surface area contributed by atoms with Crippen LogP contribution in [0.5, 0.6) is 5.75 Å². The molecule has 0 aliphatic carbocycles. The number of hydrogen-bond acceptors (Lipinski definition) is 10. The third-order valence-corrected chi connectivity index (χ3v) is 5.12. The molecule has 13 heteroatoms. The fourth-order valence-electron chi connectivity index (χ4n) is 3.43. The van der Waals surface area contributed by atoms with Gasteiger partial charge in [-0.05, 0) is 40.2 Å². The molecule has 0 saturated carbocycles. The summed E-state index contributed by atoms with van der Waals surface area (Å²) >= 11 is 0. The Labute approximate surface area is 233 Å². The van der Waals surface area contributed by atoms with Gasteiger partial charge in [0.25, 0.3) is 5.91 Å². The monoisotopic (exact) mass is 560 g/mol. The molecule has 2 rings (SSSR count). The SMILES string of the molecule is CCOC(OCC)/C(=C/N)N(N)CCNC(=O)c1c(OCc2ccccc2)c(=O)ccn1NC(=O)OC(C)(C)C. The highest BCUT2D eigenvalue weighted by atomic mass is 16.7. The summed E-state index contributed by atoms with van der Waals surface area (Å²) in [7, 11) is 0. The van der Waals surface area contributed by atoms with Crippen LogP contribution in [-0.2, 0) is 20.8 Å². The second-order valence-corrected chi connectivity index (χ2v) is 9.40. The standard InChI is InChI=1S/C27H40N6O7/c1-6-37-25(38-7-2)20(17-28)32(29)16-14-30-24(35)22-23(39-18-19-11-9-8-10-12-19)21(34)13-15-33(22)31-26(36)40-27(3,4)5/h8-13,15,17,25H,6-7,14,16,18,28-29H2,1-5H3,(H,30,35)(H,31,36)/b20-17-. The van der Waals surface area contributed by atoms with E-state index in [9.17, 15) is 14.4 Å². The Bertz CT molecular complexity index is 1190. The van der Waals surface area contributed by atoms with E-state index in [0.717, 1.165) is 10.2 Å². The fraction of sp³-hybridized carbons (Fsp3) is 0.444. The van der Waals surface area contributed by atoms with Gasteiger partial charge in [0.2, 0.25) is 11.7 Å². The molecule has 0 spiro atoms. The summed E-state index contributed by atoms with van der Waals surface area (Å²) in [5, 5.41) is 3.99. The summed E-state index contributed by atoms with van der Waals surface area (Å²) < 4.78 is 23.3. The fourth-order valence-corrected chi connectivity index (χ4v) is 3.43. The normalized spacial score (nSPS) is 11.7. The van der Waals surface area contributed by atoms with Gasteiger partial charge < -0.3 is 35.0 Å². The van der Waals surface area contributed by atoms with Crippen molar-refractivity contribution < 1.29 is 28.5 Å². The van der Waals surface area contributed by atoms with Crippen LogP contribution in [0.15, 0.2) is 59.3 Å². The molecule has 1 aromatic carbocycles. The minimum atomic E-state index is -0.831. The number of hydrazine groups is 1. The number of aromatic nitrogens is 1. The number of carbonyl (C=O) groups is 2. The summed E-state index contributed by atoms with van der Waals surface area (Å²) in [6.07, 6.45) is 0.905. The molecule has 13 nitrogen and oxygen atoms in total. The minimum absolute atomic E-state index is 0.0181. The van der Waals surface area contributed by atoms with E-state index in [0.29, 0.717) is 18.9 Å². The topological polar surface area (TPSA) is 172 Å². The second kappa shape index (κ2) is 15.5. The third-order valence-electron chi connectivity index (χ3n) is 5.12. The molecule has 6 N–H and O–H groups in total. The Balaban J connectivity index is 2.28. The first-order chi connectivity index (χ1) is 19.0. The van der Waals surface area contributed by atoms with Gasteiger partial charge in [-0.25, -0.2) is 20.7 Å². The smallest absolute Gasteiger partial charge is 0.426 e. The highest BCUT2D eigenvalue weighted by Gasteiger charge is 2.24. The van der Waals surface area contributed by atoms with Crippen molar-refractivity contribution >= 4 is 12.0 Å². The zero-order valence-electron chi connectivity index (χ0n) is 23.6. The number of nitrogens with zero attached hydrogens (tertiary/aromatic N) is 2. The van der Waals surface area contributed by atoms with Crippen LogP contribution in [0, 0.1) is 0 Å². The van der Waals surface area contributed by atoms with Gasteiger partial charge in [0.1, 0.15) is 17.9 Å². The molecule has 0 aliphatic heterocycles. The van der Waals surface area contributed by atoms with Gasteiger partial charge in [0.05, 0.1) is 6.54 Å². The van der Waals surface area contributed by atoms with Gasteiger partial charge in [-0.1, -0.05) is 30.3 Å². The molecular weight excluding hydrogens is 520 g/mol. The molecule has 1 heterocycles. The first-order valence-electron chi connectivity index (χ1n) is 12.9. The highest BCUT2D eigenvalue weighted by molar-refractivity contribution is 5.96. The van der Waals surface area contributed by atoms with Crippen molar-refractivity contribution in [2.24, 2.45) is 11.6 Å². The molecule has 0 bridgehead atoms. The predicted octanol–water partition coefficient (Wildman–Crippen LogP) is 2.01. The Morgan fingerprint density at radius 3 is 2.33 bits per heavy atom. The molecule has 0 fully saturated rings. The van der Waals surface area contributed by atoms with E-state index in [2.05, 4.69) is 10.7 Å². The summed E-state index contributed by atoms with van der Waals surface area (Å²) in [4.78, 5) is 38.7. The summed E-state index contributed by atoms with van der Waals surface area (Å²) in [6, 6.07) is 10.3. The van der Waals surface area contributed by atoms with Crippen molar-refractivity contribution in [2.75, 3.05) is 31.7 Å². The minimum Gasteiger partial charge on any atom is -0.482 e. The molecule has 0 aliphatic rings. The van der Waals surface area contributed by atoms with E-state index >= 15 is 0 Å². The van der Waals surface area contributed by atoms with Gasteiger partial charge in [-0.15, -0.1) is 0 Å². The van der Waals surface area contributed by atoms with Crippen molar-refractivity contribution in [1.29, 1.82) is 0 Å². The summed E-state index contributed by atoms with van der Waals surface area (Å²) in [6.45, 7) is 9.62. The van der Waals surface area contributed by atoms with E-state index < -0.39 is 29.3 Å². The average molecular weight is 561 g/mol. The van der Waals surface area contributed by atoms with E-state index in [4.69, 9.17) is 30.5 Å².